The minimum atomic E-state index is 0.119. The molecule has 1 saturated carbocycles. The minimum Gasteiger partial charge on any atom is -0.353 e. The summed E-state index contributed by atoms with van der Waals surface area (Å²) in [6.45, 7) is 5.28. The summed E-state index contributed by atoms with van der Waals surface area (Å²) >= 11 is 1.51. The third-order valence-corrected chi connectivity index (χ3v) is 6.06. The molecule has 1 aliphatic carbocycles. The molecule has 1 heterocycles. The van der Waals surface area contributed by atoms with Gasteiger partial charge in [0.1, 0.15) is 0 Å². The molecule has 0 saturated heterocycles. The van der Waals surface area contributed by atoms with E-state index in [1.165, 1.54) is 31.0 Å². The molecule has 0 aromatic carbocycles. The van der Waals surface area contributed by atoms with Crippen molar-refractivity contribution in [2.45, 2.75) is 89.0 Å². The van der Waals surface area contributed by atoms with E-state index >= 15 is 0 Å². The fraction of sp³-hybridized carbons (Fsp3) is 0.842. The molecule has 0 spiro atoms. The highest BCUT2D eigenvalue weighted by atomic mass is 32.2. The van der Waals surface area contributed by atoms with E-state index in [-0.39, 0.29) is 11.9 Å². The lowest BCUT2D eigenvalue weighted by atomic mass is 9.95. The van der Waals surface area contributed by atoms with Gasteiger partial charge >= 0.3 is 0 Å². The van der Waals surface area contributed by atoms with Crippen molar-refractivity contribution in [3.05, 3.63) is 5.82 Å². The molecule has 7 heteroatoms. The molecule has 1 fully saturated rings. The molecule has 1 aromatic rings. The van der Waals surface area contributed by atoms with Gasteiger partial charge in [-0.3, -0.25) is 9.69 Å². The summed E-state index contributed by atoms with van der Waals surface area (Å²) in [6, 6.07) is 0.619. The minimum absolute atomic E-state index is 0.119. The molecule has 1 aliphatic rings. The van der Waals surface area contributed by atoms with Crippen molar-refractivity contribution in [1.29, 1.82) is 0 Å². The number of rotatable bonds is 10. The maximum atomic E-state index is 12.3. The number of hydrogen-bond donors (Lipinski definition) is 1. The summed E-state index contributed by atoms with van der Waals surface area (Å²) in [5.41, 5.74) is 0. The van der Waals surface area contributed by atoms with Crippen LogP contribution in [-0.2, 0) is 11.3 Å². The first kappa shape index (κ1) is 21.2. The third-order valence-electron chi connectivity index (χ3n) is 5.09. The number of unbranched alkanes of at least 4 members (excludes halogenated alkanes) is 1. The number of nitrogens with zero attached hydrogens (tertiary/aromatic N) is 4. The van der Waals surface area contributed by atoms with E-state index in [4.69, 9.17) is 0 Å². The molecule has 26 heavy (non-hydrogen) atoms. The summed E-state index contributed by atoms with van der Waals surface area (Å²) in [5.74, 6) is 1.55. The van der Waals surface area contributed by atoms with Gasteiger partial charge in [0.05, 0.1) is 11.8 Å². The van der Waals surface area contributed by atoms with Gasteiger partial charge in [-0.25, -0.2) is 0 Å². The SMILES string of the molecule is CCCCn1c(SCC(=O)NC2CCCCC2)nnc1[C@H](CC)N(C)C. The van der Waals surface area contributed by atoms with Crippen LogP contribution in [0.2, 0.25) is 0 Å². The van der Waals surface area contributed by atoms with Crippen LogP contribution in [0.4, 0.5) is 0 Å². The standard InChI is InChI=1S/C19H35N5OS/c1-5-7-13-24-18(16(6-2)23(3)4)21-22-19(24)26-14-17(25)20-15-11-9-8-10-12-15/h15-16H,5-14H2,1-4H3,(H,20,25)/t16-/m0/s1. The van der Waals surface area contributed by atoms with Crippen molar-refractivity contribution < 1.29 is 4.79 Å². The van der Waals surface area contributed by atoms with Gasteiger partial charge in [0, 0.05) is 12.6 Å². The van der Waals surface area contributed by atoms with Crippen molar-refractivity contribution in [3.8, 4) is 0 Å². The molecule has 148 valence electrons. The molecule has 0 unspecified atom stereocenters. The fourth-order valence-corrected chi connectivity index (χ4v) is 4.39. The maximum absolute atomic E-state index is 12.3. The van der Waals surface area contributed by atoms with Gasteiger partial charge < -0.3 is 9.88 Å². The lowest BCUT2D eigenvalue weighted by Gasteiger charge is -2.23. The molecule has 6 nitrogen and oxygen atoms in total. The maximum Gasteiger partial charge on any atom is 0.230 e. The summed E-state index contributed by atoms with van der Waals surface area (Å²) in [4.78, 5) is 14.5. The predicted octanol–water partition coefficient (Wildman–Crippen LogP) is 3.63. The highest BCUT2D eigenvalue weighted by Gasteiger charge is 2.22. The van der Waals surface area contributed by atoms with Gasteiger partial charge in [-0.1, -0.05) is 51.3 Å². The number of thioether (sulfide) groups is 1. The second-order valence-electron chi connectivity index (χ2n) is 7.42. The van der Waals surface area contributed by atoms with Crippen molar-refractivity contribution in [1.82, 2.24) is 25.0 Å². The molecule has 1 amide bonds. The fourth-order valence-electron chi connectivity index (χ4n) is 3.60. The van der Waals surface area contributed by atoms with Crippen LogP contribution in [0.15, 0.2) is 5.16 Å². The smallest absolute Gasteiger partial charge is 0.230 e. The number of aromatic nitrogens is 3. The average Bonchev–Trinajstić information content (AvgIpc) is 3.02. The average molecular weight is 382 g/mol. The summed E-state index contributed by atoms with van der Waals surface area (Å²) in [6.07, 6.45) is 9.21. The van der Waals surface area contributed by atoms with Gasteiger partial charge in [-0.15, -0.1) is 10.2 Å². The third kappa shape index (κ3) is 5.98. The Hall–Kier alpha value is -1.08. The van der Waals surface area contributed by atoms with E-state index in [0.717, 1.165) is 49.6 Å². The van der Waals surface area contributed by atoms with Crippen LogP contribution in [-0.4, -0.2) is 51.5 Å². The topological polar surface area (TPSA) is 63.1 Å². The van der Waals surface area contributed by atoms with Crippen LogP contribution in [0, 0.1) is 0 Å². The van der Waals surface area contributed by atoms with Crippen molar-refractivity contribution in [3.63, 3.8) is 0 Å². The van der Waals surface area contributed by atoms with Crippen LogP contribution in [0.5, 0.6) is 0 Å². The van der Waals surface area contributed by atoms with Crippen LogP contribution in [0.3, 0.4) is 0 Å². The first-order chi connectivity index (χ1) is 12.6. The Morgan fingerprint density at radius 1 is 1.27 bits per heavy atom. The van der Waals surface area contributed by atoms with Crippen LogP contribution < -0.4 is 5.32 Å². The molecular formula is C19H35N5OS. The van der Waals surface area contributed by atoms with Crippen LogP contribution >= 0.6 is 11.8 Å². The monoisotopic (exact) mass is 381 g/mol. The second kappa shape index (κ2) is 10.9. The molecule has 1 atom stereocenters. The second-order valence-corrected chi connectivity index (χ2v) is 8.37. The number of hydrogen-bond acceptors (Lipinski definition) is 5. The number of nitrogens with one attached hydrogen (secondary N) is 1. The van der Waals surface area contributed by atoms with E-state index in [1.807, 2.05) is 0 Å². The normalized spacial score (nSPS) is 16.8. The first-order valence-electron chi connectivity index (χ1n) is 10.1. The zero-order valence-electron chi connectivity index (χ0n) is 16.8. The Bertz CT molecular complexity index is 554. The van der Waals surface area contributed by atoms with E-state index in [9.17, 15) is 4.79 Å². The Labute approximate surface area is 162 Å². The molecule has 0 bridgehead atoms. The van der Waals surface area contributed by atoms with E-state index < -0.39 is 0 Å². The number of amides is 1. The quantitative estimate of drug-likeness (QED) is 0.627. The number of carbonyl (C=O) groups is 1. The number of carbonyl (C=O) groups excluding carboxylic acids is 1. The Kier molecular flexibility index (Phi) is 8.91. The van der Waals surface area contributed by atoms with E-state index in [0.29, 0.717) is 11.8 Å². The highest BCUT2D eigenvalue weighted by Crippen LogP contribution is 2.26. The summed E-state index contributed by atoms with van der Waals surface area (Å²) in [5, 5.41) is 12.9. The van der Waals surface area contributed by atoms with Crippen LogP contribution in [0.25, 0.3) is 0 Å². The van der Waals surface area contributed by atoms with Gasteiger partial charge in [-0.2, -0.15) is 0 Å². The van der Waals surface area contributed by atoms with Gasteiger partial charge in [0.15, 0.2) is 11.0 Å². The molecule has 1 N–H and O–H groups in total. The lowest BCUT2D eigenvalue weighted by molar-refractivity contribution is -0.119. The molecule has 1 aromatic heterocycles. The molecule has 0 radical (unpaired) electrons. The molecule has 2 rings (SSSR count). The Balaban J connectivity index is 2.00. The van der Waals surface area contributed by atoms with Gasteiger partial charge in [0.2, 0.25) is 5.91 Å². The Morgan fingerprint density at radius 2 is 2.00 bits per heavy atom. The van der Waals surface area contributed by atoms with Crippen molar-refractivity contribution in [2.24, 2.45) is 0 Å². The van der Waals surface area contributed by atoms with Crippen molar-refractivity contribution in [2.75, 3.05) is 19.8 Å². The summed E-state index contributed by atoms with van der Waals surface area (Å²) < 4.78 is 2.22. The predicted molar refractivity (Wildman–Crippen MR) is 107 cm³/mol. The molecular weight excluding hydrogens is 346 g/mol. The van der Waals surface area contributed by atoms with Gasteiger partial charge in [-0.05, 0) is 39.8 Å². The zero-order chi connectivity index (χ0) is 18.9. The van der Waals surface area contributed by atoms with Crippen LogP contribution in [0.1, 0.15) is 77.1 Å². The van der Waals surface area contributed by atoms with Gasteiger partial charge in [0.25, 0.3) is 0 Å². The van der Waals surface area contributed by atoms with E-state index in [2.05, 4.69) is 52.9 Å². The van der Waals surface area contributed by atoms with Crippen molar-refractivity contribution >= 4 is 17.7 Å². The largest absolute Gasteiger partial charge is 0.353 e. The first-order valence-corrected chi connectivity index (χ1v) is 11.1. The molecule has 0 aliphatic heterocycles. The highest BCUT2D eigenvalue weighted by molar-refractivity contribution is 7.99. The van der Waals surface area contributed by atoms with E-state index in [1.54, 1.807) is 0 Å². The summed E-state index contributed by atoms with van der Waals surface area (Å²) in [7, 11) is 4.16. The zero-order valence-corrected chi connectivity index (χ0v) is 17.6. The Morgan fingerprint density at radius 3 is 2.62 bits per heavy atom. The lowest BCUT2D eigenvalue weighted by Crippen LogP contribution is -2.37.